The number of rotatable bonds is 6. The third kappa shape index (κ3) is 3.77. The zero-order chi connectivity index (χ0) is 10.3. The maximum Gasteiger partial charge on any atom is 0.323 e. The highest BCUT2D eigenvalue weighted by Crippen LogP contribution is 2.13. The predicted molar refractivity (Wildman–Crippen MR) is 53.6 cm³/mol. The maximum atomic E-state index is 11.4. The number of nitrogens with one attached hydrogen (secondary N) is 1. The second-order valence-electron chi connectivity index (χ2n) is 3.09. The van der Waals surface area contributed by atoms with Gasteiger partial charge in [-0.3, -0.25) is 4.79 Å². The van der Waals surface area contributed by atoms with E-state index in [1.54, 1.807) is 7.05 Å². The average molecular weight is 187 g/mol. The molecule has 0 aromatic heterocycles. The number of esters is 1. The van der Waals surface area contributed by atoms with E-state index in [0.717, 1.165) is 12.8 Å². The van der Waals surface area contributed by atoms with Gasteiger partial charge in [-0.1, -0.05) is 26.7 Å². The molecule has 3 nitrogen and oxygen atoms in total. The van der Waals surface area contributed by atoms with Crippen LogP contribution in [0.1, 0.15) is 33.6 Å². The van der Waals surface area contributed by atoms with Gasteiger partial charge in [-0.25, -0.2) is 0 Å². The second kappa shape index (κ2) is 6.89. The van der Waals surface area contributed by atoms with Crippen molar-refractivity contribution in [1.29, 1.82) is 0 Å². The van der Waals surface area contributed by atoms with Gasteiger partial charge in [-0.2, -0.15) is 0 Å². The Balaban J connectivity index is 4.20. The van der Waals surface area contributed by atoms with Gasteiger partial charge in [0.15, 0.2) is 0 Å². The summed E-state index contributed by atoms with van der Waals surface area (Å²) in [4.78, 5) is 11.4. The van der Waals surface area contributed by atoms with Gasteiger partial charge in [-0.05, 0) is 19.9 Å². The van der Waals surface area contributed by atoms with Gasteiger partial charge < -0.3 is 10.1 Å². The molecule has 3 heteroatoms. The first-order chi connectivity index (χ1) is 6.21. The predicted octanol–water partition coefficient (Wildman–Crippen LogP) is 1.57. The first-order valence-corrected chi connectivity index (χ1v) is 5.05. The topological polar surface area (TPSA) is 38.3 Å². The molecular weight excluding hydrogens is 166 g/mol. The summed E-state index contributed by atoms with van der Waals surface area (Å²) in [5, 5.41) is 3.01. The molecule has 78 valence electrons. The number of hydrogen-bond acceptors (Lipinski definition) is 3. The molecule has 0 radical (unpaired) electrons. The molecule has 0 fully saturated rings. The molecular formula is C10H21NO2. The molecule has 0 heterocycles. The number of carbonyl (C=O) groups is 1. The summed E-state index contributed by atoms with van der Waals surface area (Å²) in [6.07, 6.45) is 2.00. The lowest BCUT2D eigenvalue weighted by molar-refractivity contribution is -0.147. The minimum Gasteiger partial charge on any atom is -0.465 e. The summed E-state index contributed by atoms with van der Waals surface area (Å²) in [5.74, 6) is 0.253. The average Bonchev–Trinajstić information content (AvgIpc) is 2.14. The van der Waals surface area contributed by atoms with Gasteiger partial charge >= 0.3 is 5.97 Å². The van der Waals surface area contributed by atoms with E-state index in [0.29, 0.717) is 12.5 Å². The van der Waals surface area contributed by atoms with Crippen molar-refractivity contribution < 1.29 is 9.53 Å². The van der Waals surface area contributed by atoms with Gasteiger partial charge in [0.1, 0.15) is 6.04 Å². The van der Waals surface area contributed by atoms with Crippen LogP contribution in [0.15, 0.2) is 0 Å². The van der Waals surface area contributed by atoms with Crippen LogP contribution in [-0.2, 0) is 9.53 Å². The highest BCUT2D eigenvalue weighted by atomic mass is 16.5. The van der Waals surface area contributed by atoms with E-state index in [9.17, 15) is 4.79 Å². The van der Waals surface area contributed by atoms with Crippen molar-refractivity contribution in [2.75, 3.05) is 13.7 Å². The zero-order valence-corrected chi connectivity index (χ0v) is 9.09. The van der Waals surface area contributed by atoms with Gasteiger partial charge in [0, 0.05) is 0 Å². The third-order valence-electron chi connectivity index (χ3n) is 2.37. The fourth-order valence-electron chi connectivity index (χ4n) is 1.54. The van der Waals surface area contributed by atoms with Crippen molar-refractivity contribution in [3.05, 3.63) is 0 Å². The fraction of sp³-hybridized carbons (Fsp3) is 0.900. The molecule has 1 unspecified atom stereocenters. The van der Waals surface area contributed by atoms with E-state index >= 15 is 0 Å². The number of hydrogen-bond donors (Lipinski definition) is 1. The first-order valence-electron chi connectivity index (χ1n) is 5.05. The van der Waals surface area contributed by atoms with Crippen molar-refractivity contribution in [1.82, 2.24) is 5.32 Å². The molecule has 0 bridgehead atoms. The molecule has 0 amide bonds. The Labute approximate surface area is 80.8 Å². The summed E-state index contributed by atoms with van der Waals surface area (Å²) < 4.78 is 4.98. The molecule has 0 spiro atoms. The van der Waals surface area contributed by atoms with Crippen molar-refractivity contribution in [2.45, 2.75) is 39.7 Å². The van der Waals surface area contributed by atoms with Gasteiger partial charge in [0.25, 0.3) is 0 Å². The van der Waals surface area contributed by atoms with Crippen molar-refractivity contribution >= 4 is 5.97 Å². The van der Waals surface area contributed by atoms with Crippen LogP contribution in [0.2, 0.25) is 0 Å². The second-order valence-corrected chi connectivity index (χ2v) is 3.09. The van der Waals surface area contributed by atoms with E-state index in [2.05, 4.69) is 19.2 Å². The minimum absolute atomic E-state index is 0.126. The Morgan fingerprint density at radius 3 is 2.15 bits per heavy atom. The largest absolute Gasteiger partial charge is 0.465 e. The molecule has 1 atom stereocenters. The van der Waals surface area contributed by atoms with E-state index in [-0.39, 0.29) is 12.0 Å². The summed E-state index contributed by atoms with van der Waals surface area (Å²) >= 11 is 0. The SMILES string of the molecule is CCOC(=O)C(NC)C(CC)CC. The molecule has 1 N–H and O–H groups in total. The van der Waals surface area contributed by atoms with Crippen LogP contribution in [0, 0.1) is 5.92 Å². The first kappa shape index (κ1) is 12.4. The summed E-state index contributed by atoms with van der Waals surface area (Å²) in [6.45, 7) is 6.48. The van der Waals surface area contributed by atoms with Crippen LogP contribution in [0.5, 0.6) is 0 Å². The molecule has 0 aromatic rings. The highest BCUT2D eigenvalue weighted by molar-refractivity contribution is 5.76. The standard InChI is InChI=1S/C10H21NO2/c1-5-8(6-2)9(11-4)10(12)13-7-3/h8-9,11H,5-7H2,1-4H3. The molecule has 13 heavy (non-hydrogen) atoms. The summed E-state index contributed by atoms with van der Waals surface area (Å²) in [7, 11) is 1.81. The molecule has 0 aliphatic carbocycles. The Kier molecular flexibility index (Phi) is 6.59. The van der Waals surface area contributed by atoms with Gasteiger partial charge in [0.05, 0.1) is 6.61 Å². The third-order valence-corrected chi connectivity index (χ3v) is 2.37. The molecule has 0 aliphatic rings. The quantitative estimate of drug-likeness (QED) is 0.641. The Bertz CT molecular complexity index is 144. The molecule has 0 aliphatic heterocycles. The highest BCUT2D eigenvalue weighted by Gasteiger charge is 2.24. The van der Waals surface area contributed by atoms with Crippen molar-refractivity contribution in [2.24, 2.45) is 5.92 Å². The van der Waals surface area contributed by atoms with Crippen LogP contribution < -0.4 is 5.32 Å². The minimum atomic E-state index is -0.144. The maximum absolute atomic E-state index is 11.4. The van der Waals surface area contributed by atoms with Crippen LogP contribution in [-0.4, -0.2) is 25.7 Å². The Morgan fingerprint density at radius 2 is 1.85 bits per heavy atom. The van der Waals surface area contributed by atoms with Crippen LogP contribution in [0.4, 0.5) is 0 Å². The van der Waals surface area contributed by atoms with Crippen LogP contribution in [0.25, 0.3) is 0 Å². The lowest BCUT2D eigenvalue weighted by atomic mass is 9.94. The van der Waals surface area contributed by atoms with Gasteiger partial charge in [-0.15, -0.1) is 0 Å². The van der Waals surface area contributed by atoms with E-state index < -0.39 is 0 Å². The lowest BCUT2D eigenvalue weighted by Crippen LogP contribution is -2.41. The Hall–Kier alpha value is -0.570. The van der Waals surface area contributed by atoms with Crippen molar-refractivity contribution in [3.63, 3.8) is 0 Å². The summed E-state index contributed by atoms with van der Waals surface area (Å²) in [5.41, 5.74) is 0. The van der Waals surface area contributed by atoms with E-state index in [4.69, 9.17) is 4.74 Å². The molecule has 0 rings (SSSR count). The van der Waals surface area contributed by atoms with Gasteiger partial charge in [0.2, 0.25) is 0 Å². The summed E-state index contributed by atoms with van der Waals surface area (Å²) in [6, 6.07) is -0.144. The number of carbonyl (C=O) groups excluding carboxylic acids is 1. The van der Waals surface area contributed by atoms with Crippen LogP contribution >= 0.6 is 0 Å². The molecule has 0 saturated carbocycles. The molecule has 0 aromatic carbocycles. The van der Waals surface area contributed by atoms with Crippen molar-refractivity contribution in [3.8, 4) is 0 Å². The monoisotopic (exact) mass is 187 g/mol. The number of likely N-dealkylation sites (N-methyl/N-ethyl adjacent to an activating group) is 1. The molecule has 0 saturated heterocycles. The smallest absolute Gasteiger partial charge is 0.323 e. The Morgan fingerprint density at radius 1 is 1.31 bits per heavy atom. The normalized spacial score (nSPS) is 13.0. The van der Waals surface area contributed by atoms with E-state index in [1.807, 2.05) is 6.92 Å². The fourth-order valence-corrected chi connectivity index (χ4v) is 1.54. The number of ether oxygens (including phenoxy) is 1. The lowest BCUT2D eigenvalue weighted by Gasteiger charge is -2.22. The zero-order valence-electron chi connectivity index (χ0n) is 9.09. The van der Waals surface area contributed by atoms with Crippen LogP contribution in [0.3, 0.4) is 0 Å². The van der Waals surface area contributed by atoms with E-state index in [1.165, 1.54) is 0 Å².